The lowest BCUT2D eigenvalue weighted by atomic mass is 10.2. The highest BCUT2D eigenvalue weighted by Gasteiger charge is 2.39. The molecule has 0 fully saturated rings. The summed E-state index contributed by atoms with van der Waals surface area (Å²) in [6.45, 7) is 7.88. The van der Waals surface area contributed by atoms with Gasteiger partial charge in [-0.2, -0.15) is 23.4 Å². The number of hydrogen-bond acceptors (Lipinski definition) is 3. The van der Waals surface area contributed by atoms with Crippen molar-refractivity contribution in [2.45, 2.75) is 53.0 Å². The highest BCUT2D eigenvalue weighted by molar-refractivity contribution is 9.10. The fourth-order valence-electron chi connectivity index (χ4n) is 2.69. The maximum Gasteiger partial charge on any atom is 0.436 e. The monoisotopic (exact) mass is 435 g/mol. The fraction of sp³-hybridized carbons (Fsp3) is 0.562. The second kappa shape index (κ2) is 7.42. The molecule has 0 aliphatic carbocycles. The van der Waals surface area contributed by atoms with E-state index in [-0.39, 0.29) is 16.1 Å². The topological polar surface area (TPSA) is 56.0 Å². The van der Waals surface area contributed by atoms with Crippen molar-refractivity contribution in [1.82, 2.24) is 24.5 Å². The van der Waals surface area contributed by atoms with E-state index in [1.807, 2.05) is 20.0 Å². The van der Waals surface area contributed by atoms with Crippen LogP contribution in [-0.2, 0) is 24.1 Å². The van der Waals surface area contributed by atoms with Crippen molar-refractivity contribution in [3.05, 3.63) is 33.3 Å². The minimum atomic E-state index is -4.59. The smallest absolute Gasteiger partial charge is 0.339 e. The summed E-state index contributed by atoms with van der Waals surface area (Å²) in [4.78, 5) is 14.2. The molecule has 0 spiro atoms. The van der Waals surface area contributed by atoms with Gasteiger partial charge in [0.2, 0.25) is 5.91 Å². The molecule has 0 N–H and O–H groups in total. The predicted octanol–water partition coefficient (Wildman–Crippen LogP) is 3.72. The van der Waals surface area contributed by atoms with Crippen molar-refractivity contribution in [2.75, 3.05) is 7.05 Å². The van der Waals surface area contributed by atoms with Crippen molar-refractivity contribution in [2.24, 2.45) is 0 Å². The number of likely N-dealkylation sites (N-methyl/N-ethyl adjacent to an activating group) is 1. The summed E-state index contributed by atoms with van der Waals surface area (Å²) in [6.07, 6.45) is -2.73. The zero-order valence-electron chi connectivity index (χ0n) is 15.2. The summed E-state index contributed by atoms with van der Waals surface area (Å²) >= 11 is 2.93. The number of carbonyl (C=O) groups is 1. The molecule has 6 nitrogen and oxygen atoms in total. The third-order valence-electron chi connectivity index (χ3n) is 4.23. The minimum Gasteiger partial charge on any atom is -0.339 e. The zero-order valence-corrected chi connectivity index (χ0v) is 16.8. The molecule has 2 heterocycles. The van der Waals surface area contributed by atoms with Crippen molar-refractivity contribution >= 4 is 21.8 Å². The van der Waals surface area contributed by atoms with Crippen LogP contribution >= 0.6 is 15.9 Å². The molecule has 2 aromatic heterocycles. The lowest BCUT2D eigenvalue weighted by molar-refractivity contribution is -0.143. The van der Waals surface area contributed by atoms with Gasteiger partial charge in [-0.05, 0) is 43.6 Å². The first-order valence-corrected chi connectivity index (χ1v) is 8.86. The van der Waals surface area contributed by atoms with Crippen LogP contribution in [0.15, 0.2) is 10.7 Å². The molecule has 144 valence electrons. The molecule has 0 aliphatic heterocycles. The molecular weight excluding hydrogens is 415 g/mol. The average molecular weight is 436 g/mol. The Kier molecular flexibility index (Phi) is 5.84. The standard InChI is InChI=1S/C16H21BrF3N5O/c1-6-24-8-12(9(2)21-24)7-23(5)15(26)11(4)25-10(3)13(17)14(22-25)16(18,19)20/h8,11H,6-7H2,1-5H3. The van der Waals surface area contributed by atoms with Crippen LogP contribution in [0.2, 0.25) is 0 Å². The van der Waals surface area contributed by atoms with Crippen LogP contribution in [0.25, 0.3) is 0 Å². The largest absolute Gasteiger partial charge is 0.436 e. The second-order valence-electron chi connectivity index (χ2n) is 6.16. The van der Waals surface area contributed by atoms with E-state index in [0.717, 1.165) is 22.5 Å². The van der Waals surface area contributed by atoms with Gasteiger partial charge in [-0.15, -0.1) is 0 Å². The molecular formula is C16H21BrF3N5O. The maximum atomic E-state index is 13.0. The summed E-state index contributed by atoms with van der Waals surface area (Å²) in [5.41, 5.74) is 0.930. The van der Waals surface area contributed by atoms with E-state index in [0.29, 0.717) is 6.54 Å². The Labute approximate surface area is 158 Å². The summed E-state index contributed by atoms with van der Waals surface area (Å²) in [5, 5.41) is 7.94. The van der Waals surface area contributed by atoms with Gasteiger partial charge >= 0.3 is 6.18 Å². The molecule has 0 aliphatic rings. The minimum absolute atomic E-state index is 0.146. The van der Waals surface area contributed by atoms with E-state index in [2.05, 4.69) is 26.1 Å². The molecule has 0 radical (unpaired) electrons. The van der Waals surface area contributed by atoms with E-state index in [1.54, 1.807) is 11.7 Å². The number of aromatic nitrogens is 4. The Morgan fingerprint density at radius 2 is 1.96 bits per heavy atom. The van der Waals surface area contributed by atoms with Crippen molar-refractivity contribution in [3.8, 4) is 0 Å². The van der Waals surface area contributed by atoms with Crippen molar-refractivity contribution < 1.29 is 18.0 Å². The second-order valence-corrected chi connectivity index (χ2v) is 6.95. The molecule has 0 saturated heterocycles. The van der Waals surface area contributed by atoms with Gasteiger partial charge in [0.15, 0.2) is 5.69 Å². The number of nitrogens with zero attached hydrogens (tertiary/aromatic N) is 5. The van der Waals surface area contributed by atoms with E-state index < -0.39 is 17.9 Å². The predicted molar refractivity (Wildman–Crippen MR) is 93.5 cm³/mol. The number of amides is 1. The molecule has 2 rings (SSSR count). The lowest BCUT2D eigenvalue weighted by Crippen LogP contribution is -2.33. The van der Waals surface area contributed by atoms with E-state index in [9.17, 15) is 18.0 Å². The maximum absolute atomic E-state index is 13.0. The van der Waals surface area contributed by atoms with Crippen LogP contribution in [0.3, 0.4) is 0 Å². The molecule has 10 heteroatoms. The Bertz CT molecular complexity index is 812. The number of alkyl halides is 3. The van der Waals surface area contributed by atoms with Gasteiger partial charge in [-0.25, -0.2) is 0 Å². The normalized spacial score (nSPS) is 13.1. The van der Waals surface area contributed by atoms with E-state index in [4.69, 9.17) is 0 Å². The summed E-state index contributed by atoms with van der Waals surface area (Å²) in [5.74, 6) is -0.333. The molecule has 1 amide bonds. The SMILES string of the molecule is CCn1cc(CN(C)C(=O)C(C)n2nc(C(F)(F)F)c(Br)c2C)c(C)n1. The zero-order chi connectivity index (χ0) is 19.8. The average Bonchev–Trinajstić information content (AvgIpc) is 3.06. The van der Waals surface area contributed by atoms with Crippen LogP contribution in [0.1, 0.15) is 42.5 Å². The van der Waals surface area contributed by atoms with Crippen molar-refractivity contribution in [1.29, 1.82) is 0 Å². The van der Waals surface area contributed by atoms with Gasteiger partial charge < -0.3 is 4.90 Å². The first kappa shape index (κ1) is 20.5. The summed E-state index contributed by atoms with van der Waals surface area (Å²) in [7, 11) is 1.61. The van der Waals surface area contributed by atoms with Gasteiger partial charge in [0.05, 0.1) is 15.9 Å². The van der Waals surface area contributed by atoms with Gasteiger partial charge in [0, 0.05) is 31.9 Å². The molecule has 1 unspecified atom stereocenters. The molecule has 26 heavy (non-hydrogen) atoms. The summed E-state index contributed by atoms with van der Waals surface area (Å²) in [6, 6.07) is -0.867. The number of hydrogen-bond donors (Lipinski definition) is 0. The third kappa shape index (κ3) is 3.94. The van der Waals surface area contributed by atoms with Gasteiger partial charge in [-0.1, -0.05) is 0 Å². The number of carbonyl (C=O) groups excluding carboxylic acids is 1. The van der Waals surface area contributed by atoms with Crippen LogP contribution in [0, 0.1) is 13.8 Å². The van der Waals surface area contributed by atoms with Crippen LogP contribution in [0.5, 0.6) is 0 Å². The van der Waals surface area contributed by atoms with Crippen LogP contribution < -0.4 is 0 Å². The number of rotatable bonds is 5. The Morgan fingerprint density at radius 1 is 1.35 bits per heavy atom. The van der Waals surface area contributed by atoms with Crippen LogP contribution in [-0.4, -0.2) is 37.4 Å². The van der Waals surface area contributed by atoms with Crippen molar-refractivity contribution in [3.63, 3.8) is 0 Å². The first-order chi connectivity index (χ1) is 12.0. The Morgan fingerprint density at radius 3 is 2.42 bits per heavy atom. The first-order valence-electron chi connectivity index (χ1n) is 8.07. The molecule has 2 aromatic rings. The fourth-order valence-corrected chi connectivity index (χ4v) is 3.18. The number of halogens is 4. The quantitative estimate of drug-likeness (QED) is 0.718. The van der Waals surface area contributed by atoms with Gasteiger partial charge in [0.25, 0.3) is 0 Å². The highest BCUT2D eigenvalue weighted by atomic mass is 79.9. The Hall–Kier alpha value is -1.84. The molecule has 0 aromatic carbocycles. The Balaban J connectivity index is 2.22. The highest BCUT2D eigenvalue weighted by Crippen LogP contribution is 2.36. The van der Waals surface area contributed by atoms with E-state index in [1.165, 1.54) is 18.7 Å². The number of aryl methyl sites for hydroxylation is 2. The summed E-state index contributed by atoms with van der Waals surface area (Å²) < 4.78 is 41.8. The van der Waals surface area contributed by atoms with E-state index >= 15 is 0 Å². The molecule has 0 saturated carbocycles. The van der Waals surface area contributed by atoms with Gasteiger partial charge in [-0.3, -0.25) is 14.2 Å². The molecule has 1 atom stereocenters. The van der Waals surface area contributed by atoms with Crippen LogP contribution in [0.4, 0.5) is 13.2 Å². The van der Waals surface area contributed by atoms with Gasteiger partial charge in [0.1, 0.15) is 6.04 Å². The third-order valence-corrected chi connectivity index (χ3v) is 5.17. The lowest BCUT2D eigenvalue weighted by Gasteiger charge is -2.22. The molecule has 0 bridgehead atoms.